The molecule has 0 unspecified atom stereocenters. The molecule has 0 radical (unpaired) electrons. The zero-order valence-corrected chi connectivity index (χ0v) is 12.7. The first-order valence-electron chi connectivity index (χ1n) is 6.88. The first-order chi connectivity index (χ1) is 9.39. The average Bonchev–Trinajstić information content (AvgIpc) is 2.82. The standard InChI is InChI=1S/C16H23N3O/c1-16(2,11-19(3)4)10-18-15(20)13-7-5-6-12-8-9-17-14(12)13/h5-9,17H,10-11H2,1-4H3,(H,18,20). The highest BCUT2D eigenvalue weighted by Crippen LogP contribution is 2.18. The van der Waals surface area contributed by atoms with Crippen LogP contribution in [0.1, 0.15) is 24.2 Å². The van der Waals surface area contributed by atoms with Gasteiger partial charge in [-0.05, 0) is 31.6 Å². The third kappa shape index (κ3) is 3.39. The maximum Gasteiger partial charge on any atom is 0.253 e. The fourth-order valence-electron chi connectivity index (χ4n) is 2.60. The van der Waals surface area contributed by atoms with E-state index in [-0.39, 0.29) is 11.3 Å². The van der Waals surface area contributed by atoms with Gasteiger partial charge in [0.25, 0.3) is 5.91 Å². The molecule has 1 aromatic heterocycles. The number of fused-ring (bicyclic) bond motifs is 1. The monoisotopic (exact) mass is 273 g/mol. The lowest BCUT2D eigenvalue weighted by molar-refractivity contribution is 0.0930. The van der Waals surface area contributed by atoms with Gasteiger partial charge in [-0.2, -0.15) is 0 Å². The van der Waals surface area contributed by atoms with Crippen LogP contribution in [0.25, 0.3) is 10.9 Å². The molecular formula is C16H23N3O. The van der Waals surface area contributed by atoms with Crippen molar-refractivity contribution in [3.8, 4) is 0 Å². The SMILES string of the molecule is CN(C)CC(C)(C)CNC(=O)c1cccc2cc[nH]c12. The second-order valence-electron chi connectivity index (χ2n) is 6.33. The van der Waals surface area contributed by atoms with E-state index in [1.807, 2.05) is 44.6 Å². The Morgan fingerprint density at radius 1 is 1.30 bits per heavy atom. The molecule has 1 amide bonds. The van der Waals surface area contributed by atoms with Crippen molar-refractivity contribution in [2.75, 3.05) is 27.2 Å². The zero-order valence-electron chi connectivity index (χ0n) is 12.7. The second kappa shape index (κ2) is 5.67. The molecule has 2 aromatic rings. The molecule has 1 heterocycles. The van der Waals surface area contributed by atoms with E-state index in [9.17, 15) is 4.79 Å². The quantitative estimate of drug-likeness (QED) is 0.879. The van der Waals surface area contributed by atoms with E-state index in [1.54, 1.807) is 0 Å². The number of benzene rings is 1. The first-order valence-corrected chi connectivity index (χ1v) is 6.88. The Morgan fingerprint density at radius 2 is 2.05 bits per heavy atom. The number of carbonyl (C=O) groups is 1. The smallest absolute Gasteiger partial charge is 0.253 e. The predicted octanol–water partition coefficient (Wildman–Crippen LogP) is 2.49. The molecule has 0 saturated carbocycles. The van der Waals surface area contributed by atoms with Crippen LogP contribution < -0.4 is 5.32 Å². The summed E-state index contributed by atoms with van der Waals surface area (Å²) in [5.41, 5.74) is 1.64. The topological polar surface area (TPSA) is 48.1 Å². The van der Waals surface area contributed by atoms with Gasteiger partial charge in [0, 0.05) is 24.7 Å². The summed E-state index contributed by atoms with van der Waals surface area (Å²) in [5, 5.41) is 4.10. The highest BCUT2D eigenvalue weighted by atomic mass is 16.1. The Morgan fingerprint density at radius 3 is 2.75 bits per heavy atom. The van der Waals surface area contributed by atoms with E-state index < -0.39 is 0 Å². The number of nitrogens with zero attached hydrogens (tertiary/aromatic N) is 1. The minimum atomic E-state index is -0.0233. The van der Waals surface area contributed by atoms with Crippen LogP contribution in [-0.4, -0.2) is 43.0 Å². The Hall–Kier alpha value is -1.81. The first kappa shape index (κ1) is 14.6. The summed E-state index contributed by atoms with van der Waals surface area (Å²) >= 11 is 0. The Kier molecular flexibility index (Phi) is 4.14. The number of aromatic nitrogens is 1. The Labute approximate surface area is 120 Å². The summed E-state index contributed by atoms with van der Waals surface area (Å²) in [7, 11) is 4.09. The van der Waals surface area contributed by atoms with Gasteiger partial charge in [0.2, 0.25) is 0 Å². The zero-order chi connectivity index (χ0) is 14.8. The third-order valence-electron chi connectivity index (χ3n) is 3.30. The molecule has 2 rings (SSSR count). The van der Waals surface area contributed by atoms with Gasteiger partial charge in [0.05, 0.1) is 11.1 Å². The molecule has 0 spiro atoms. The summed E-state index contributed by atoms with van der Waals surface area (Å²) in [5.74, 6) is -0.0233. The van der Waals surface area contributed by atoms with E-state index in [0.29, 0.717) is 12.1 Å². The van der Waals surface area contributed by atoms with Crippen LogP contribution in [0, 0.1) is 5.41 Å². The largest absolute Gasteiger partial charge is 0.361 e. The van der Waals surface area contributed by atoms with Gasteiger partial charge in [0.1, 0.15) is 0 Å². The minimum absolute atomic E-state index is 0.0233. The number of hydrogen-bond donors (Lipinski definition) is 2. The summed E-state index contributed by atoms with van der Waals surface area (Å²) in [4.78, 5) is 17.6. The van der Waals surface area contributed by atoms with E-state index in [0.717, 1.165) is 17.4 Å². The summed E-state index contributed by atoms with van der Waals surface area (Å²) in [6.07, 6.45) is 1.86. The van der Waals surface area contributed by atoms with Crippen LogP contribution in [0.5, 0.6) is 0 Å². The predicted molar refractivity (Wildman–Crippen MR) is 83.0 cm³/mol. The number of hydrogen-bond acceptors (Lipinski definition) is 2. The lowest BCUT2D eigenvalue weighted by Crippen LogP contribution is -2.40. The van der Waals surface area contributed by atoms with Gasteiger partial charge in [-0.3, -0.25) is 4.79 Å². The van der Waals surface area contributed by atoms with Crippen LogP contribution in [0.15, 0.2) is 30.5 Å². The van der Waals surface area contributed by atoms with Gasteiger partial charge in [0.15, 0.2) is 0 Å². The molecule has 0 fully saturated rings. The van der Waals surface area contributed by atoms with Gasteiger partial charge in [-0.1, -0.05) is 26.0 Å². The normalized spacial score (nSPS) is 12.1. The van der Waals surface area contributed by atoms with Crippen LogP contribution in [-0.2, 0) is 0 Å². The number of nitrogens with one attached hydrogen (secondary N) is 2. The molecule has 2 N–H and O–H groups in total. The van der Waals surface area contributed by atoms with E-state index in [4.69, 9.17) is 0 Å². The molecule has 0 aliphatic rings. The second-order valence-corrected chi connectivity index (χ2v) is 6.33. The average molecular weight is 273 g/mol. The van der Waals surface area contributed by atoms with Crippen molar-refractivity contribution in [1.82, 2.24) is 15.2 Å². The van der Waals surface area contributed by atoms with Crippen molar-refractivity contribution < 1.29 is 4.79 Å². The number of aromatic amines is 1. The van der Waals surface area contributed by atoms with Crippen LogP contribution >= 0.6 is 0 Å². The molecule has 4 nitrogen and oxygen atoms in total. The van der Waals surface area contributed by atoms with Crippen LogP contribution in [0.2, 0.25) is 0 Å². The number of para-hydroxylation sites is 1. The fourth-order valence-corrected chi connectivity index (χ4v) is 2.60. The highest BCUT2D eigenvalue weighted by Gasteiger charge is 2.20. The van der Waals surface area contributed by atoms with Crippen molar-refractivity contribution in [3.05, 3.63) is 36.0 Å². The van der Waals surface area contributed by atoms with Crippen molar-refractivity contribution >= 4 is 16.8 Å². The van der Waals surface area contributed by atoms with E-state index in [1.165, 1.54) is 0 Å². The molecule has 0 aliphatic carbocycles. The Bertz CT molecular complexity index is 599. The summed E-state index contributed by atoms with van der Waals surface area (Å²) in [6, 6.07) is 7.74. The highest BCUT2D eigenvalue weighted by molar-refractivity contribution is 6.05. The van der Waals surface area contributed by atoms with Crippen molar-refractivity contribution in [2.24, 2.45) is 5.41 Å². The minimum Gasteiger partial charge on any atom is -0.361 e. The lowest BCUT2D eigenvalue weighted by Gasteiger charge is -2.28. The molecule has 0 saturated heterocycles. The molecule has 0 bridgehead atoms. The van der Waals surface area contributed by atoms with Gasteiger partial charge < -0.3 is 15.2 Å². The molecule has 0 atom stereocenters. The van der Waals surface area contributed by atoms with Gasteiger partial charge in [-0.25, -0.2) is 0 Å². The molecule has 108 valence electrons. The van der Waals surface area contributed by atoms with Gasteiger partial charge in [-0.15, -0.1) is 0 Å². The lowest BCUT2D eigenvalue weighted by atomic mass is 9.93. The van der Waals surface area contributed by atoms with Crippen LogP contribution in [0.3, 0.4) is 0 Å². The number of carbonyl (C=O) groups excluding carboxylic acids is 1. The fraction of sp³-hybridized carbons (Fsp3) is 0.438. The summed E-state index contributed by atoms with van der Waals surface area (Å²) < 4.78 is 0. The number of H-pyrrole nitrogens is 1. The molecule has 1 aromatic carbocycles. The number of amides is 1. The molecule has 20 heavy (non-hydrogen) atoms. The number of rotatable bonds is 5. The van der Waals surface area contributed by atoms with Crippen molar-refractivity contribution in [3.63, 3.8) is 0 Å². The molecule has 4 heteroatoms. The van der Waals surface area contributed by atoms with Crippen molar-refractivity contribution in [2.45, 2.75) is 13.8 Å². The Balaban J connectivity index is 2.07. The van der Waals surface area contributed by atoms with E-state index in [2.05, 4.69) is 29.0 Å². The third-order valence-corrected chi connectivity index (χ3v) is 3.30. The maximum absolute atomic E-state index is 12.3. The van der Waals surface area contributed by atoms with Crippen LogP contribution in [0.4, 0.5) is 0 Å². The molecular weight excluding hydrogens is 250 g/mol. The van der Waals surface area contributed by atoms with Gasteiger partial charge >= 0.3 is 0 Å². The summed E-state index contributed by atoms with van der Waals surface area (Å²) in [6.45, 7) is 5.89. The van der Waals surface area contributed by atoms with E-state index >= 15 is 0 Å². The van der Waals surface area contributed by atoms with Crippen molar-refractivity contribution in [1.29, 1.82) is 0 Å². The molecule has 0 aliphatic heterocycles. The maximum atomic E-state index is 12.3.